The first-order chi connectivity index (χ1) is 13.2. The van der Waals surface area contributed by atoms with Gasteiger partial charge < -0.3 is 14.6 Å². The van der Waals surface area contributed by atoms with Crippen molar-refractivity contribution >= 4 is 27.7 Å². The SMILES string of the molecule is CCCCCn1c2ccc(C(=O)N3CCCCC3)cc2c2ccc(O)cc21. The number of likely N-dealkylation sites (tertiary alicyclic amines) is 1. The summed E-state index contributed by atoms with van der Waals surface area (Å²) < 4.78 is 2.29. The van der Waals surface area contributed by atoms with Crippen molar-refractivity contribution in [3.05, 3.63) is 42.0 Å². The van der Waals surface area contributed by atoms with Gasteiger partial charge in [0, 0.05) is 47.6 Å². The number of carbonyl (C=O) groups is 1. The Hall–Kier alpha value is -2.49. The molecule has 1 aliphatic rings. The van der Waals surface area contributed by atoms with E-state index in [-0.39, 0.29) is 11.7 Å². The van der Waals surface area contributed by atoms with Crippen LogP contribution in [0.3, 0.4) is 0 Å². The number of aromatic nitrogens is 1. The van der Waals surface area contributed by atoms with Crippen LogP contribution in [0.15, 0.2) is 36.4 Å². The zero-order chi connectivity index (χ0) is 18.8. The van der Waals surface area contributed by atoms with Crippen LogP contribution in [0.4, 0.5) is 0 Å². The van der Waals surface area contributed by atoms with Gasteiger partial charge in [-0.1, -0.05) is 19.8 Å². The second-order valence-corrected chi connectivity index (χ2v) is 7.64. The predicted octanol–water partition coefficient (Wildman–Crippen LogP) is 5.32. The lowest BCUT2D eigenvalue weighted by Crippen LogP contribution is -2.35. The van der Waals surface area contributed by atoms with Gasteiger partial charge >= 0.3 is 0 Å². The number of aromatic hydroxyl groups is 1. The molecular formula is C23H28N2O2. The summed E-state index contributed by atoms with van der Waals surface area (Å²) in [7, 11) is 0. The van der Waals surface area contributed by atoms with Crippen LogP contribution in [-0.2, 0) is 6.54 Å². The molecule has 2 aromatic carbocycles. The molecule has 3 aromatic rings. The van der Waals surface area contributed by atoms with E-state index in [0.29, 0.717) is 0 Å². The largest absolute Gasteiger partial charge is 0.508 e. The number of carbonyl (C=O) groups excluding carboxylic acids is 1. The van der Waals surface area contributed by atoms with Gasteiger partial charge in [-0.05, 0) is 56.0 Å². The summed E-state index contributed by atoms with van der Waals surface area (Å²) in [5, 5.41) is 12.2. The minimum Gasteiger partial charge on any atom is -0.508 e. The van der Waals surface area contributed by atoms with Gasteiger partial charge in [0.15, 0.2) is 0 Å². The number of fused-ring (bicyclic) bond motifs is 3. The molecule has 0 unspecified atom stereocenters. The van der Waals surface area contributed by atoms with Crippen LogP contribution in [0, 0.1) is 0 Å². The Morgan fingerprint density at radius 3 is 2.56 bits per heavy atom. The summed E-state index contributed by atoms with van der Waals surface area (Å²) in [6.45, 7) is 4.86. The molecule has 0 atom stereocenters. The van der Waals surface area contributed by atoms with E-state index < -0.39 is 0 Å². The first-order valence-electron chi connectivity index (χ1n) is 10.2. The number of amides is 1. The van der Waals surface area contributed by atoms with Gasteiger partial charge in [-0.25, -0.2) is 0 Å². The number of piperidine rings is 1. The number of phenolic OH excluding ortho intramolecular Hbond substituents is 1. The topological polar surface area (TPSA) is 45.5 Å². The fourth-order valence-electron chi connectivity index (χ4n) is 4.26. The average Bonchev–Trinajstić information content (AvgIpc) is 3.00. The number of hydrogen-bond acceptors (Lipinski definition) is 2. The Morgan fingerprint density at radius 1 is 0.963 bits per heavy atom. The first-order valence-corrected chi connectivity index (χ1v) is 10.2. The zero-order valence-electron chi connectivity index (χ0n) is 16.1. The van der Waals surface area contributed by atoms with Crippen molar-refractivity contribution in [1.82, 2.24) is 9.47 Å². The maximum Gasteiger partial charge on any atom is 0.253 e. The second-order valence-electron chi connectivity index (χ2n) is 7.64. The average molecular weight is 364 g/mol. The highest BCUT2D eigenvalue weighted by molar-refractivity contribution is 6.11. The van der Waals surface area contributed by atoms with Crippen LogP contribution in [-0.4, -0.2) is 33.6 Å². The highest BCUT2D eigenvalue weighted by atomic mass is 16.3. The Bertz CT molecular complexity index is 967. The van der Waals surface area contributed by atoms with Crippen LogP contribution in [0.1, 0.15) is 55.8 Å². The van der Waals surface area contributed by atoms with Crippen molar-refractivity contribution in [3.8, 4) is 5.75 Å². The molecule has 0 saturated carbocycles. The summed E-state index contributed by atoms with van der Waals surface area (Å²) in [5.74, 6) is 0.425. The maximum absolute atomic E-state index is 12.9. The summed E-state index contributed by atoms with van der Waals surface area (Å²) in [6, 6.07) is 11.6. The molecule has 0 spiro atoms. The van der Waals surface area contributed by atoms with Crippen molar-refractivity contribution in [3.63, 3.8) is 0 Å². The van der Waals surface area contributed by atoms with Gasteiger partial charge in [-0.2, -0.15) is 0 Å². The van der Waals surface area contributed by atoms with Crippen LogP contribution in [0.5, 0.6) is 5.75 Å². The van der Waals surface area contributed by atoms with Crippen LogP contribution < -0.4 is 0 Å². The molecule has 0 bridgehead atoms. The number of benzene rings is 2. The van der Waals surface area contributed by atoms with E-state index in [1.54, 1.807) is 6.07 Å². The van der Waals surface area contributed by atoms with Gasteiger partial charge in [-0.3, -0.25) is 4.79 Å². The van der Waals surface area contributed by atoms with Crippen LogP contribution in [0.25, 0.3) is 21.8 Å². The number of hydrogen-bond donors (Lipinski definition) is 1. The summed E-state index contributed by atoms with van der Waals surface area (Å²) in [6.07, 6.45) is 6.90. The molecule has 27 heavy (non-hydrogen) atoms. The lowest BCUT2D eigenvalue weighted by Gasteiger charge is -2.26. The van der Waals surface area contributed by atoms with Crippen molar-refractivity contribution in [2.24, 2.45) is 0 Å². The predicted molar refractivity (Wildman–Crippen MR) is 110 cm³/mol. The molecule has 4 nitrogen and oxygen atoms in total. The monoisotopic (exact) mass is 364 g/mol. The number of nitrogens with zero attached hydrogens (tertiary/aromatic N) is 2. The number of unbranched alkanes of at least 4 members (excludes halogenated alkanes) is 2. The van der Waals surface area contributed by atoms with Gasteiger partial charge in [0.2, 0.25) is 0 Å². The van der Waals surface area contributed by atoms with Crippen molar-refractivity contribution in [2.75, 3.05) is 13.1 Å². The van der Waals surface area contributed by atoms with Crippen LogP contribution in [0.2, 0.25) is 0 Å². The van der Waals surface area contributed by atoms with E-state index >= 15 is 0 Å². The molecule has 0 radical (unpaired) electrons. The second kappa shape index (κ2) is 7.63. The molecule has 1 aliphatic heterocycles. The third-order valence-electron chi connectivity index (χ3n) is 5.73. The molecule has 142 valence electrons. The molecule has 4 rings (SSSR count). The Labute approximate surface area is 160 Å². The molecule has 1 saturated heterocycles. The standard InChI is InChI=1S/C23H28N2O2/c1-2-3-5-14-25-21-11-8-17(23(27)24-12-6-4-7-13-24)15-20(21)19-10-9-18(26)16-22(19)25/h8-11,15-16,26H,2-7,12-14H2,1H3. The third kappa shape index (κ3) is 3.41. The molecule has 1 N–H and O–H groups in total. The van der Waals surface area contributed by atoms with Gasteiger partial charge in [0.25, 0.3) is 5.91 Å². The molecule has 2 heterocycles. The highest BCUT2D eigenvalue weighted by Gasteiger charge is 2.20. The zero-order valence-corrected chi connectivity index (χ0v) is 16.1. The van der Waals surface area contributed by atoms with Gasteiger partial charge in [-0.15, -0.1) is 0 Å². The van der Waals surface area contributed by atoms with Crippen LogP contribution >= 0.6 is 0 Å². The maximum atomic E-state index is 12.9. The lowest BCUT2D eigenvalue weighted by atomic mass is 10.1. The molecular weight excluding hydrogens is 336 g/mol. The van der Waals surface area contributed by atoms with E-state index in [1.807, 2.05) is 29.2 Å². The molecule has 1 fully saturated rings. The molecule has 4 heteroatoms. The number of phenols is 1. The molecule has 0 aliphatic carbocycles. The van der Waals surface area contributed by atoms with Crippen molar-refractivity contribution < 1.29 is 9.90 Å². The van der Waals surface area contributed by atoms with E-state index in [9.17, 15) is 9.90 Å². The van der Waals surface area contributed by atoms with E-state index in [2.05, 4.69) is 17.6 Å². The highest BCUT2D eigenvalue weighted by Crippen LogP contribution is 2.32. The normalized spacial score (nSPS) is 14.9. The first kappa shape index (κ1) is 17.9. The Kier molecular flexibility index (Phi) is 5.06. The van der Waals surface area contributed by atoms with E-state index in [4.69, 9.17) is 0 Å². The smallest absolute Gasteiger partial charge is 0.253 e. The third-order valence-corrected chi connectivity index (χ3v) is 5.73. The minimum atomic E-state index is 0.141. The molecule has 1 aromatic heterocycles. The quantitative estimate of drug-likeness (QED) is 0.623. The fourth-order valence-corrected chi connectivity index (χ4v) is 4.26. The number of rotatable bonds is 5. The summed E-state index contributed by atoms with van der Waals surface area (Å²) >= 11 is 0. The molecule has 1 amide bonds. The summed E-state index contributed by atoms with van der Waals surface area (Å²) in [4.78, 5) is 14.9. The summed E-state index contributed by atoms with van der Waals surface area (Å²) in [5.41, 5.74) is 2.95. The fraction of sp³-hybridized carbons (Fsp3) is 0.435. The van der Waals surface area contributed by atoms with E-state index in [1.165, 1.54) is 19.3 Å². The lowest BCUT2D eigenvalue weighted by molar-refractivity contribution is 0.0724. The minimum absolute atomic E-state index is 0.141. The Balaban J connectivity index is 1.78. The van der Waals surface area contributed by atoms with Gasteiger partial charge in [0.05, 0.1) is 5.52 Å². The number of aryl methyl sites for hydroxylation is 1. The van der Waals surface area contributed by atoms with E-state index in [0.717, 1.165) is 66.3 Å². The van der Waals surface area contributed by atoms with Gasteiger partial charge in [0.1, 0.15) is 5.75 Å². The Morgan fingerprint density at radius 2 is 1.78 bits per heavy atom. The van der Waals surface area contributed by atoms with Crippen molar-refractivity contribution in [1.29, 1.82) is 0 Å². The van der Waals surface area contributed by atoms with Crippen molar-refractivity contribution in [2.45, 2.75) is 52.0 Å².